The summed E-state index contributed by atoms with van der Waals surface area (Å²) in [5.41, 5.74) is -0.256. The molecular formula is C15H12ClF2N7O. The van der Waals surface area contributed by atoms with E-state index in [1.54, 1.807) is 25.4 Å². The zero-order valence-corrected chi connectivity index (χ0v) is 14.1. The van der Waals surface area contributed by atoms with Gasteiger partial charge in [0.25, 0.3) is 5.95 Å². The van der Waals surface area contributed by atoms with Crippen LogP contribution in [-0.4, -0.2) is 30.8 Å². The zero-order chi connectivity index (χ0) is 18.7. The Balaban J connectivity index is 1.73. The van der Waals surface area contributed by atoms with E-state index >= 15 is 0 Å². The normalized spacial score (nSPS) is 11.8. The van der Waals surface area contributed by atoms with Gasteiger partial charge in [0, 0.05) is 18.5 Å². The van der Waals surface area contributed by atoms with Crippen LogP contribution in [0.3, 0.4) is 0 Å². The third-order valence-electron chi connectivity index (χ3n) is 3.31. The molecule has 0 aliphatic heterocycles. The van der Waals surface area contributed by atoms with Crippen LogP contribution in [0.25, 0.3) is 5.95 Å². The number of benzene rings is 1. The van der Waals surface area contributed by atoms with Crippen LogP contribution in [0.4, 0.5) is 19.3 Å². The molecule has 0 fully saturated rings. The number of carbonyl (C=O) groups excluding carboxylic acids is 1. The molecule has 0 radical (unpaired) electrons. The van der Waals surface area contributed by atoms with Crippen LogP contribution in [0.15, 0.2) is 36.9 Å². The van der Waals surface area contributed by atoms with E-state index in [2.05, 4.69) is 30.7 Å². The van der Waals surface area contributed by atoms with Crippen LogP contribution in [0.2, 0.25) is 5.02 Å². The van der Waals surface area contributed by atoms with Gasteiger partial charge in [-0.3, -0.25) is 0 Å². The smallest absolute Gasteiger partial charge is 0.319 e. The predicted molar refractivity (Wildman–Crippen MR) is 88.9 cm³/mol. The number of hydrogen-bond acceptors (Lipinski definition) is 5. The van der Waals surface area contributed by atoms with Crippen molar-refractivity contribution < 1.29 is 13.6 Å². The second-order valence-electron chi connectivity index (χ2n) is 5.15. The maximum Gasteiger partial charge on any atom is 0.319 e. The van der Waals surface area contributed by atoms with Crippen molar-refractivity contribution in [2.24, 2.45) is 0 Å². The first-order valence-electron chi connectivity index (χ1n) is 7.35. The average molecular weight is 380 g/mol. The van der Waals surface area contributed by atoms with Crippen LogP contribution >= 0.6 is 11.6 Å². The van der Waals surface area contributed by atoms with E-state index in [1.807, 2.05) is 0 Å². The number of nitrogens with zero attached hydrogens (tertiary/aromatic N) is 5. The van der Waals surface area contributed by atoms with Crippen molar-refractivity contribution in [3.8, 4) is 5.95 Å². The van der Waals surface area contributed by atoms with Gasteiger partial charge < -0.3 is 10.6 Å². The SMILES string of the molecule is C[C@H](NC(=O)Nc1cc(Cl)c(F)cc1F)c1ncnn1-c1ncccn1. The van der Waals surface area contributed by atoms with E-state index in [1.165, 1.54) is 11.0 Å². The number of carbonyl (C=O) groups is 1. The minimum Gasteiger partial charge on any atom is -0.328 e. The highest BCUT2D eigenvalue weighted by molar-refractivity contribution is 6.31. The van der Waals surface area contributed by atoms with Gasteiger partial charge in [0.15, 0.2) is 5.82 Å². The molecule has 0 unspecified atom stereocenters. The Kier molecular flexibility index (Phi) is 5.03. The second-order valence-corrected chi connectivity index (χ2v) is 5.55. The molecule has 1 atom stereocenters. The lowest BCUT2D eigenvalue weighted by Crippen LogP contribution is -2.33. The molecule has 3 aromatic rings. The van der Waals surface area contributed by atoms with Gasteiger partial charge >= 0.3 is 6.03 Å². The number of halogens is 3. The van der Waals surface area contributed by atoms with Gasteiger partial charge in [-0.2, -0.15) is 9.78 Å². The van der Waals surface area contributed by atoms with Crippen molar-refractivity contribution in [3.63, 3.8) is 0 Å². The summed E-state index contributed by atoms with van der Waals surface area (Å²) in [5.74, 6) is -1.22. The van der Waals surface area contributed by atoms with E-state index in [0.717, 1.165) is 6.07 Å². The lowest BCUT2D eigenvalue weighted by Gasteiger charge is -2.15. The Morgan fingerprint density at radius 1 is 1.19 bits per heavy atom. The van der Waals surface area contributed by atoms with Crippen LogP contribution < -0.4 is 10.6 Å². The number of amides is 2. The van der Waals surface area contributed by atoms with Crippen molar-refractivity contribution in [3.05, 3.63) is 59.4 Å². The summed E-state index contributed by atoms with van der Waals surface area (Å²) >= 11 is 5.60. The third kappa shape index (κ3) is 3.75. The number of nitrogens with one attached hydrogen (secondary N) is 2. The zero-order valence-electron chi connectivity index (χ0n) is 13.3. The van der Waals surface area contributed by atoms with Gasteiger partial charge in [0.1, 0.15) is 18.0 Å². The van der Waals surface area contributed by atoms with Crippen LogP contribution in [0.1, 0.15) is 18.8 Å². The Morgan fingerprint density at radius 2 is 1.92 bits per heavy atom. The summed E-state index contributed by atoms with van der Waals surface area (Å²) in [6, 6.07) is 1.88. The van der Waals surface area contributed by atoms with Crippen molar-refractivity contribution in [2.45, 2.75) is 13.0 Å². The molecule has 0 saturated carbocycles. The Labute approximate surface area is 151 Å². The quantitative estimate of drug-likeness (QED) is 0.679. The molecule has 2 N–H and O–H groups in total. The monoisotopic (exact) mass is 379 g/mol. The highest BCUT2D eigenvalue weighted by Gasteiger charge is 2.19. The maximum atomic E-state index is 13.7. The van der Waals surface area contributed by atoms with Crippen LogP contribution in [-0.2, 0) is 0 Å². The van der Waals surface area contributed by atoms with Crippen molar-refractivity contribution in [2.75, 3.05) is 5.32 Å². The standard InChI is InChI=1S/C15H12ClF2N7O/c1-8(13-21-7-22-25(13)14-19-3-2-4-20-14)23-15(26)24-12-5-9(16)10(17)6-11(12)18/h2-8H,1H3,(H2,23,24,26)/t8-/m0/s1. The van der Waals surface area contributed by atoms with Gasteiger partial charge in [0.05, 0.1) is 16.8 Å². The molecule has 0 aliphatic rings. The van der Waals surface area contributed by atoms with Gasteiger partial charge in [-0.15, -0.1) is 0 Å². The Bertz CT molecular complexity index is 935. The van der Waals surface area contributed by atoms with E-state index < -0.39 is 23.7 Å². The van der Waals surface area contributed by atoms with Gasteiger partial charge in [-0.25, -0.2) is 28.5 Å². The van der Waals surface area contributed by atoms with E-state index in [0.29, 0.717) is 11.9 Å². The van der Waals surface area contributed by atoms with Crippen molar-refractivity contribution in [1.82, 2.24) is 30.0 Å². The number of hydrogen-bond donors (Lipinski definition) is 2. The molecular weight excluding hydrogens is 368 g/mol. The van der Waals surface area contributed by atoms with E-state index in [4.69, 9.17) is 11.6 Å². The fourth-order valence-electron chi connectivity index (χ4n) is 2.14. The maximum absolute atomic E-state index is 13.7. The van der Waals surface area contributed by atoms with Crippen LogP contribution in [0, 0.1) is 11.6 Å². The summed E-state index contributed by atoms with van der Waals surface area (Å²) < 4.78 is 28.2. The molecule has 26 heavy (non-hydrogen) atoms. The van der Waals surface area contributed by atoms with Crippen molar-refractivity contribution in [1.29, 1.82) is 0 Å². The van der Waals surface area contributed by atoms with Gasteiger partial charge in [0.2, 0.25) is 0 Å². The third-order valence-corrected chi connectivity index (χ3v) is 3.60. The van der Waals surface area contributed by atoms with E-state index in [-0.39, 0.29) is 16.7 Å². The fraction of sp³-hybridized carbons (Fsp3) is 0.133. The molecule has 0 bridgehead atoms. The second kappa shape index (κ2) is 7.40. The molecule has 2 aromatic heterocycles. The molecule has 0 spiro atoms. The summed E-state index contributed by atoms with van der Waals surface area (Å²) in [5, 5.41) is 8.55. The minimum absolute atomic E-state index is 0.256. The summed E-state index contributed by atoms with van der Waals surface area (Å²) in [6.45, 7) is 1.65. The molecule has 0 aliphatic carbocycles. The fourth-order valence-corrected chi connectivity index (χ4v) is 2.30. The number of aromatic nitrogens is 5. The molecule has 3 rings (SSSR count). The molecule has 1 aromatic carbocycles. The summed E-state index contributed by atoms with van der Waals surface area (Å²) in [6.07, 6.45) is 4.38. The summed E-state index contributed by atoms with van der Waals surface area (Å²) in [7, 11) is 0. The largest absolute Gasteiger partial charge is 0.328 e. The number of urea groups is 1. The molecule has 0 saturated heterocycles. The predicted octanol–water partition coefficient (Wildman–Crippen LogP) is 2.87. The lowest BCUT2D eigenvalue weighted by molar-refractivity contribution is 0.248. The highest BCUT2D eigenvalue weighted by Crippen LogP contribution is 2.23. The van der Waals surface area contributed by atoms with Gasteiger partial charge in [-0.05, 0) is 19.1 Å². The van der Waals surface area contributed by atoms with E-state index in [9.17, 15) is 13.6 Å². The molecule has 11 heteroatoms. The first kappa shape index (κ1) is 17.7. The minimum atomic E-state index is -0.949. The molecule has 2 amide bonds. The summed E-state index contributed by atoms with van der Waals surface area (Å²) in [4.78, 5) is 24.3. The first-order valence-corrected chi connectivity index (χ1v) is 7.73. The van der Waals surface area contributed by atoms with Crippen molar-refractivity contribution >= 4 is 23.3 Å². The Morgan fingerprint density at radius 3 is 2.65 bits per heavy atom. The number of anilines is 1. The number of rotatable bonds is 4. The Hall–Kier alpha value is -3.14. The topological polar surface area (TPSA) is 97.6 Å². The average Bonchev–Trinajstić information content (AvgIpc) is 3.10. The lowest BCUT2D eigenvalue weighted by atomic mass is 10.3. The molecule has 2 heterocycles. The molecule has 8 nitrogen and oxygen atoms in total. The first-order chi connectivity index (χ1) is 12.5. The molecule has 134 valence electrons. The highest BCUT2D eigenvalue weighted by atomic mass is 35.5. The van der Waals surface area contributed by atoms with Crippen LogP contribution in [0.5, 0.6) is 0 Å². The van der Waals surface area contributed by atoms with Gasteiger partial charge in [-0.1, -0.05) is 11.6 Å².